The predicted molar refractivity (Wildman–Crippen MR) is 105 cm³/mol. The van der Waals surface area contributed by atoms with E-state index in [0.717, 1.165) is 16.3 Å². The second-order valence-electron chi connectivity index (χ2n) is 6.06. The van der Waals surface area contributed by atoms with Crippen LogP contribution in [0.4, 0.5) is 4.79 Å². The Balaban J connectivity index is 1.59. The maximum atomic E-state index is 12.0. The van der Waals surface area contributed by atoms with Crippen molar-refractivity contribution in [2.75, 3.05) is 0 Å². The summed E-state index contributed by atoms with van der Waals surface area (Å²) in [5.74, 6) is 0. The molecular weight excluding hydrogens is 368 g/mol. The van der Waals surface area contributed by atoms with Gasteiger partial charge in [0, 0.05) is 24.3 Å². The average Bonchev–Trinajstić information content (AvgIpc) is 2.65. The Bertz CT molecular complexity index is 1100. The predicted octanol–water partition coefficient (Wildman–Crippen LogP) is 2.36. The van der Waals surface area contributed by atoms with Crippen LogP contribution in [0.1, 0.15) is 18.1 Å². The monoisotopic (exact) mass is 386 g/mol. The summed E-state index contributed by atoms with van der Waals surface area (Å²) < 4.78 is 1.37. The van der Waals surface area contributed by atoms with Crippen molar-refractivity contribution in [3.8, 4) is 0 Å². The van der Waals surface area contributed by atoms with Gasteiger partial charge < -0.3 is 15.2 Å². The number of benzene rings is 2. The number of nitrogens with one attached hydrogen (secondary N) is 3. The van der Waals surface area contributed by atoms with Crippen molar-refractivity contribution in [1.82, 2.24) is 20.2 Å². The maximum absolute atomic E-state index is 12.0. The Kier molecular flexibility index (Phi) is 5.61. The highest BCUT2D eigenvalue weighted by atomic mass is 35.5. The van der Waals surface area contributed by atoms with E-state index < -0.39 is 17.3 Å². The molecule has 0 bridgehead atoms. The lowest BCUT2D eigenvalue weighted by Gasteiger charge is -2.09. The molecule has 0 radical (unpaired) electrons. The second kappa shape index (κ2) is 8.09. The van der Waals surface area contributed by atoms with Gasteiger partial charge in [0.15, 0.2) is 0 Å². The summed E-state index contributed by atoms with van der Waals surface area (Å²) in [6.07, 6.45) is 1.45. The summed E-state index contributed by atoms with van der Waals surface area (Å²) >= 11 is 5.98. The van der Waals surface area contributed by atoms with Crippen LogP contribution in [0.2, 0.25) is 5.02 Å². The van der Waals surface area contributed by atoms with Gasteiger partial charge in [-0.15, -0.1) is 0 Å². The van der Waals surface area contributed by atoms with E-state index in [2.05, 4.69) is 15.6 Å². The Morgan fingerprint density at radius 2 is 1.78 bits per heavy atom. The number of aryl methyl sites for hydroxylation is 1. The van der Waals surface area contributed by atoms with Gasteiger partial charge in [-0.25, -0.2) is 9.59 Å². The number of rotatable bonds is 5. The largest absolute Gasteiger partial charge is 0.334 e. The van der Waals surface area contributed by atoms with Crippen molar-refractivity contribution in [2.24, 2.45) is 0 Å². The minimum Gasteiger partial charge on any atom is -0.334 e. The molecule has 8 heteroatoms. The lowest BCUT2D eigenvalue weighted by Crippen LogP contribution is -2.38. The van der Waals surface area contributed by atoms with E-state index >= 15 is 0 Å². The molecule has 0 aliphatic rings. The average molecular weight is 387 g/mol. The Hall–Kier alpha value is -3.06. The van der Waals surface area contributed by atoms with Crippen LogP contribution in [0.25, 0.3) is 10.8 Å². The molecule has 0 aliphatic carbocycles. The number of hydrogen-bond donors (Lipinski definition) is 3. The van der Waals surface area contributed by atoms with Gasteiger partial charge in [0.25, 0.3) is 5.56 Å². The summed E-state index contributed by atoms with van der Waals surface area (Å²) in [5.41, 5.74) is 0.290. The smallest absolute Gasteiger partial charge is 0.328 e. The molecule has 0 aliphatic heterocycles. The van der Waals surface area contributed by atoms with Crippen molar-refractivity contribution >= 4 is 28.4 Å². The molecule has 0 saturated carbocycles. The van der Waals surface area contributed by atoms with Gasteiger partial charge in [0.1, 0.15) is 0 Å². The first-order valence-electron chi connectivity index (χ1n) is 8.49. The van der Waals surface area contributed by atoms with Crippen LogP contribution in [-0.2, 0) is 19.6 Å². The lowest BCUT2D eigenvalue weighted by molar-refractivity contribution is 0.240. The molecule has 2 amide bonds. The molecule has 27 heavy (non-hydrogen) atoms. The second-order valence-corrected chi connectivity index (χ2v) is 6.50. The van der Waals surface area contributed by atoms with Crippen LogP contribution in [-0.4, -0.2) is 15.6 Å². The highest BCUT2D eigenvalue weighted by molar-refractivity contribution is 6.31. The molecule has 0 atom stereocenters. The first-order chi connectivity index (χ1) is 13.0. The summed E-state index contributed by atoms with van der Waals surface area (Å²) in [6.45, 7) is 2.59. The SMILES string of the molecule is CCn1cc(CNC(=O)NCc2ccc3cc(Cl)ccc3c2)c(=O)[nH]c1=O. The number of aromatic nitrogens is 2. The summed E-state index contributed by atoms with van der Waals surface area (Å²) in [7, 11) is 0. The third-order valence-corrected chi connectivity index (χ3v) is 4.42. The lowest BCUT2D eigenvalue weighted by atomic mass is 10.1. The minimum absolute atomic E-state index is 0.0255. The molecular formula is C19H19ClN4O3. The summed E-state index contributed by atoms with van der Waals surface area (Å²) in [4.78, 5) is 37.6. The quantitative estimate of drug-likeness (QED) is 0.628. The first-order valence-corrected chi connectivity index (χ1v) is 8.86. The van der Waals surface area contributed by atoms with E-state index in [9.17, 15) is 14.4 Å². The molecule has 3 N–H and O–H groups in total. The molecule has 2 aromatic carbocycles. The van der Waals surface area contributed by atoms with Gasteiger partial charge >= 0.3 is 11.7 Å². The van der Waals surface area contributed by atoms with Crippen molar-refractivity contribution in [2.45, 2.75) is 26.6 Å². The number of fused-ring (bicyclic) bond motifs is 1. The first kappa shape index (κ1) is 18.7. The molecule has 3 aromatic rings. The van der Waals surface area contributed by atoms with Gasteiger partial charge in [0.2, 0.25) is 0 Å². The molecule has 0 fully saturated rings. The number of carbonyl (C=O) groups is 1. The zero-order valence-corrected chi connectivity index (χ0v) is 15.5. The minimum atomic E-state index is -0.502. The maximum Gasteiger partial charge on any atom is 0.328 e. The van der Waals surface area contributed by atoms with E-state index in [1.54, 1.807) is 6.92 Å². The molecule has 0 saturated heterocycles. The standard InChI is InChI=1S/C19H19ClN4O3/c1-2-24-11-15(17(25)23-19(24)27)10-22-18(26)21-9-12-3-4-14-8-16(20)6-5-13(14)7-12/h3-8,11H,2,9-10H2,1H3,(H2,21,22,26)(H,23,25,27). The van der Waals surface area contributed by atoms with Crippen molar-refractivity contribution < 1.29 is 4.79 Å². The molecule has 140 valence electrons. The number of aromatic amines is 1. The number of amides is 2. The summed E-state index contributed by atoms with van der Waals surface area (Å²) in [5, 5.41) is 8.11. The van der Waals surface area contributed by atoms with Gasteiger partial charge in [0.05, 0.1) is 12.1 Å². The van der Waals surface area contributed by atoms with E-state index in [1.807, 2.05) is 36.4 Å². The molecule has 1 heterocycles. The fourth-order valence-corrected chi connectivity index (χ4v) is 2.89. The topological polar surface area (TPSA) is 96.0 Å². The molecule has 0 spiro atoms. The Morgan fingerprint density at radius 3 is 2.56 bits per heavy atom. The van der Waals surface area contributed by atoms with Gasteiger partial charge in [-0.05, 0) is 41.5 Å². The molecule has 3 rings (SSSR count). The number of H-pyrrole nitrogens is 1. The fraction of sp³-hybridized carbons (Fsp3) is 0.211. The molecule has 1 aromatic heterocycles. The molecule has 0 unspecified atom stereocenters. The third kappa shape index (κ3) is 4.57. The van der Waals surface area contributed by atoms with Gasteiger partial charge in [-0.2, -0.15) is 0 Å². The van der Waals surface area contributed by atoms with Gasteiger partial charge in [-0.3, -0.25) is 9.78 Å². The van der Waals surface area contributed by atoms with Crippen LogP contribution in [0.5, 0.6) is 0 Å². The van der Waals surface area contributed by atoms with E-state index in [1.165, 1.54) is 10.8 Å². The third-order valence-electron chi connectivity index (χ3n) is 4.18. The van der Waals surface area contributed by atoms with Crippen LogP contribution in [0, 0.1) is 0 Å². The fourth-order valence-electron chi connectivity index (χ4n) is 2.71. The van der Waals surface area contributed by atoms with Crippen LogP contribution >= 0.6 is 11.6 Å². The Morgan fingerprint density at radius 1 is 1.07 bits per heavy atom. The van der Waals surface area contributed by atoms with E-state index in [4.69, 9.17) is 11.6 Å². The van der Waals surface area contributed by atoms with E-state index in [-0.39, 0.29) is 6.54 Å². The van der Waals surface area contributed by atoms with E-state index in [0.29, 0.717) is 23.7 Å². The van der Waals surface area contributed by atoms with Crippen molar-refractivity contribution in [3.05, 3.63) is 79.6 Å². The number of halogens is 1. The highest BCUT2D eigenvalue weighted by Crippen LogP contribution is 2.20. The highest BCUT2D eigenvalue weighted by Gasteiger charge is 2.07. The summed E-state index contributed by atoms with van der Waals surface area (Å²) in [6, 6.07) is 11.1. The molecule has 7 nitrogen and oxygen atoms in total. The number of nitrogens with zero attached hydrogens (tertiary/aromatic N) is 1. The Labute approximate surface area is 160 Å². The van der Waals surface area contributed by atoms with Crippen molar-refractivity contribution in [1.29, 1.82) is 0 Å². The zero-order valence-electron chi connectivity index (χ0n) is 14.7. The van der Waals surface area contributed by atoms with Crippen LogP contribution < -0.4 is 21.9 Å². The number of carbonyl (C=O) groups excluding carboxylic acids is 1. The number of hydrogen-bond acceptors (Lipinski definition) is 3. The van der Waals surface area contributed by atoms with Crippen LogP contribution in [0.15, 0.2) is 52.2 Å². The van der Waals surface area contributed by atoms with Crippen LogP contribution in [0.3, 0.4) is 0 Å². The zero-order chi connectivity index (χ0) is 19.4. The van der Waals surface area contributed by atoms with Crippen molar-refractivity contribution in [3.63, 3.8) is 0 Å². The van der Waals surface area contributed by atoms with Gasteiger partial charge in [-0.1, -0.05) is 29.8 Å². The normalized spacial score (nSPS) is 10.7. The number of urea groups is 1.